The Kier molecular flexibility index (Phi) is 8.92. The highest BCUT2D eigenvalue weighted by atomic mass is 19.1. The lowest BCUT2D eigenvalue weighted by molar-refractivity contribution is -0.0656. The number of benzene rings is 2. The third-order valence-corrected chi connectivity index (χ3v) is 13.4. The van der Waals surface area contributed by atoms with E-state index in [9.17, 15) is 9.59 Å². The van der Waals surface area contributed by atoms with Crippen molar-refractivity contribution in [2.45, 2.75) is 70.2 Å². The van der Waals surface area contributed by atoms with Crippen molar-refractivity contribution < 1.29 is 23.2 Å². The quantitative estimate of drug-likeness (QED) is 0.177. The summed E-state index contributed by atoms with van der Waals surface area (Å²) in [5, 5.41) is 17.2. The molecule has 2 N–H and O–H groups in total. The van der Waals surface area contributed by atoms with Crippen molar-refractivity contribution in [3.05, 3.63) is 129 Å². The van der Waals surface area contributed by atoms with E-state index < -0.39 is 28.8 Å². The van der Waals surface area contributed by atoms with Gasteiger partial charge in [0.05, 0.1) is 53.8 Å². The molecule has 1 saturated heterocycles. The molecule has 8 heterocycles. The number of halogens is 1. The van der Waals surface area contributed by atoms with Crippen molar-refractivity contribution in [3.63, 3.8) is 0 Å². The van der Waals surface area contributed by atoms with Crippen LogP contribution in [-0.2, 0) is 23.9 Å². The Labute approximate surface area is 365 Å². The zero-order valence-electron chi connectivity index (χ0n) is 36.0. The molecule has 1 aliphatic carbocycles. The number of carbonyl (C=O) groups is 1. The third-order valence-electron chi connectivity index (χ3n) is 13.4. The predicted octanol–water partition coefficient (Wildman–Crippen LogP) is 6.29. The summed E-state index contributed by atoms with van der Waals surface area (Å²) in [5.41, 5.74) is 3.70. The number of allylic oxidation sites excluding steroid dienone is 2. The molecule has 1 saturated carbocycles. The van der Waals surface area contributed by atoms with Crippen LogP contribution < -0.4 is 21.5 Å². The first-order valence-corrected chi connectivity index (χ1v) is 21.4. The first-order valence-electron chi connectivity index (χ1n) is 21.4. The Bertz CT molecular complexity index is 3200. The molecule has 17 nitrogen and oxygen atoms in total. The van der Waals surface area contributed by atoms with Gasteiger partial charge in [0, 0.05) is 49.9 Å². The molecule has 2 atom stereocenters. The van der Waals surface area contributed by atoms with Crippen molar-refractivity contribution in [1.29, 1.82) is 0 Å². The maximum absolute atomic E-state index is 16.1. The number of hydrogen-bond acceptors (Lipinski definition) is 10. The number of nitrogens with zero attached hydrogens (tertiary/aromatic N) is 9. The number of anilines is 1. The molecule has 3 aliphatic heterocycles. The number of hydrogen-bond donors (Lipinski definition) is 2. The molecule has 0 spiro atoms. The zero-order valence-corrected chi connectivity index (χ0v) is 36.0. The van der Waals surface area contributed by atoms with E-state index in [0.717, 1.165) is 29.5 Å². The fourth-order valence-corrected chi connectivity index (χ4v) is 10.0. The van der Waals surface area contributed by atoms with E-state index in [1.165, 1.54) is 21.5 Å². The van der Waals surface area contributed by atoms with Gasteiger partial charge in [0.2, 0.25) is 0 Å². The van der Waals surface area contributed by atoms with Crippen molar-refractivity contribution in [3.8, 4) is 28.4 Å². The monoisotopic (exact) mass is 867 g/mol. The summed E-state index contributed by atoms with van der Waals surface area (Å²) in [7, 11) is 3.32. The average molecular weight is 868 g/mol. The Balaban J connectivity index is 1.04. The van der Waals surface area contributed by atoms with E-state index in [1.807, 2.05) is 52.7 Å². The molecule has 328 valence electrons. The molecule has 7 aromatic rings. The van der Waals surface area contributed by atoms with Crippen molar-refractivity contribution in [2.75, 3.05) is 25.6 Å². The summed E-state index contributed by atoms with van der Waals surface area (Å²) in [6.45, 7) is 7.42. The topological polar surface area (TPSA) is 177 Å². The van der Waals surface area contributed by atoms with E-state index in [4.69, 9.17) is 19.1 Å². The molecule has 2 aromatic carbocycles. The normalized spacial score (nSPS) is 19.8. The molecule has 18 heteroatoms. The van der Waals surface area contributed by atoms with Crippen molar-refractivity contribution in [2.24, 2.45) is 13.0 Å². The number of rotatable bonds is 8. The van der Waals surface area contributed by atoms with Crippen LogP contribution in [-0.4, -0.2) is 80.1 Å². The third kappa shape index (κ3) is 6.13. The molecular formula is C46H46FN11O6. The number of amides is 1. The fourth-order valence-electron chi connectivity index (χ4n) is 10.0. The Morgan fingerprint density at radius 2 is 1.84 bits per heavy atom. The minimum Gasteiger partial charge on any atom is -0.497 e. The van der Waals surface area contributed by atoms with E-state index in [2.05, 4.69) is 46.6 Å². The summed E-state index contributed by atoms with van der Waals surface area (Å²) in [6.07, 6.45) is 13.7. The van der Waals surface area contributed by atoms with Gasteiger partial charge >= 0.3 is 11.4 Å². The van der Waals surface area contributed by atoms with Gasteiger partial charge < -0.3 is 24.3 Å². The lowest BCUT2D eigenvalue weighted by atomic mass is 9.82. The second-order valence-electron chi connectivity index (χ2n) is 17.7. The zero-order chi connectivity index (χ0) is 44.2. The summed E-state index contributed by atoms with van der Waals surface area (Å²) in [4.78, 5) is 47.0. The van der Waals surface area contributed by atoms with Gasteiger partial charge in [0.25, 0.3) is 5.91 Å². The van der Waals surface area contributed by atoms with Crippen LogP contribution in [0.25, 0.3) is 39.6 Å². The highest BCUT2D eigenvalue weighted by Gasteiger charge is 2.53. The van der Waals surface area contributed by atoms with Crippen LogP contribution in [0.3, 0.4) is 0 Å². The molecule has 0 bridgehead atoms. The summed E-state index contributed by atoms with van der Waals surface area (Å²) >= 11 is 0. The lowest BCUT2D eigenvalue weighted by Crippen LogP contribution is -2.43. The smallest absolute Gasteiger partial charge is 0.438 e. The number of nitrogens with one attached hydrogen (secondary N) is 2. The number of ether oxygens (including phenoxy) is 2. The molecule has 1 amide bonds. The molecule has 1 unspecified atom stereocenters. The highest BCUT2D eigenvalue weighted by molar-refractivity contribution is 5.96. The maximum Gasteiger partial charge on any atom is 0.438 e. The standard InChI is InChI=1S/C46H46FN11O6/c1-26-38-39(56-18-17-55(44(56)61)34-11-10-33-32(36(34)47)25-49-53(33)4)37(27-6-8-31(62-5)9-7-27)51-57(38)20-19-54(26)41(59)35-23-30-22-28(29-13-21-63-45(2,3)24-29)12-16-48-40(30)58(35)46(14-15-46)42-50-43(60)64-52-42/h6-12,16-18,22-23,25-26,29,48H,13-15,19-21,24H2,1-5H3,(H,50,52,60)/t26?,29-/m1/s1. The minimum absolute atomic E-state index is 0.0744. The summed E-state index contributed by atoms with van der Waals surface area (Å²) in [6, 6.07) is 12.0. The van der Waals surface area contributed by atoms with Gasteiger partial charge in [-0.2, -0.15) is 10.2 Å². The molecular weight excluding hydrogens is 822 g/mol. The van der Waals surface area contributed by atoms with E-state index in [1.54, 1.807) is 42.1 Å². The second-order valence-corrected chi connectivity index (χ2v) is 17.7. The maximum atomic E-state index is 16.1. The average Bonchev–Trinajstić information content (AvgIpc) is 3.63. The van der Waals surface area contributed by atoms with Crippen molar-refractivity contribution >= 4 is 28.7 Å². The molecule has 4 aliphatic rings. The van der Waals surface area contributed by atoms with Gasteiger partial charge in [-0.3, -0.25) is 32.8 Å². The number of methoxy groups -OCH3 is 1. The summed E-state index contributed by atoms with van der Waals surface area (Å²) < 4.78 is 40.8. The van der Waals surface area contributed by atoms with Crippen LogP contribution in [0.2, 0.25) is 0 Å². The first-order chi connectivity index (χ1) is 30.9. The van der Waals surface area contributed by atoms with Crippen LogP contribution in [0.4, 0.5) is 10.2 Å². The Morgan fingerprint density at radius 3 is 2.58 bits per heavy atom. The van der Waals surface area contributed by atoms with Gasteiger partial charge in [0.1, 0.15) is 34.2 Å². The van der Waals surface area contributed by atoms with Gasteiger partial charge in [-0.15, -0.1) is 0 Å². The number of aryl methyl sites for hydroxylation is 1. The lowest BCUT2D eigenvalue weighted by Gasteiger charge is -2.36. The number of fused-ring (bicyclic) bond motifs is 3. The van der Waals surface area contributed by atoms with Crippen LogP contribution >= 0.6 is 0 Å². The molecule has 11 rings (SSSR count). The van der Waals surface area contributed by atoms with Crippen LogP contribution in [0.5, 0.6) is 5.75 Å². The molecule has 64 heavy (non-hydrogen) atoms. The number of aromatic amines is 1. The molecule has 0 radical (unpaired) electrons. The Morgan fingerprint density at radius 1 is 1.05 bits per heavy atom. The number of aromatic nitrogens is 9. The summed E-state index contributed by atoms with van der Waals surface area (Å²) in [5.74, 6) is 0.427. The van der Waals surface area contributed by atoms with Crippen LogP contribution in [0, 0.1) is 11.7 Å². The van der Waals surface area contributed by atoms with Crippen LogP contribution in [0.15, 0.2) is 93.0 Å². The minimum atomic E-state index is -0.845. The largest absolute Gasteiger partial charge is 0.497 e. The van der Waals surface area contributed by atoms with Gasteiger partial charge in [-0.1, -0.05) is 5.16 Å². The number of carbonyl (C=O) groups excluding carboxylic acids is 1. The van der Waals surface area contributed by atoms with E-state index in [0.29, 0.717) is 83.6 Å². The van der Waals surface area contributed by atoms with Crippen molar-refractivity contribution in [1.82, 2.24) is 48.3 Å². The van der Waals surface area contributed by atoms with Gasteiger partial charge in [0.15, 0.2) is 11.6 Å². The fraction of sp³-hybridized carbons (Fsp3) is 0.348. The molecule has 2 fully saturated rings. The SMILES string of the molecule is COc1ccc(-c2nn3c(c2-n2ccn(-c4ccc5c(cnn5C)c4F)c2=O)C(C)N(C(=O)c2cc4c(n2C2(c5noc(=O)[nH]5)CC2)NC=CC([C@@H]2CCOC(C)(C)C2)=C4)CC3)cc1. The number of H-pyrrole nitrogens is 1. The predicted molar refractivity (Wildman–Crippen MR) is 234 cm³/mol. The van der Waals surface area contributed by atoms with Crippen LogP contribution in [0.1, 0.15) is 80.1 Å². The van der Waals surface area contributed by atoms with Gasteiger partial charge in [-0.05, 0) is 113 Å². The van der Waals surface area contributed by atoms with Gasteiger partial charge in [-0.25, -0.2) is 14.0 Å². The molecule has 5 aromatic heterocycles. The van der Waals surface area contributed by atoms with E-state index >= 15 is 9.18 Å². The second kappa shape index (κ2) is 14.4. The number of imidazole rings is 1. The highest BCUT2D eigenvalue weighted by Crippen LogP contribution is 2.52. The van der Waals surface area contributed by atoms with E-state index in [-0.39, 0.29) is 23.1 Å². The Hall–Kier alpha value is -7.21. The first kappa shape index (κ1) is 39.6.